The molecule has 0 aromatic rings. The van der Waals surface area contributed by atoms with Crippen molar-refractivity contribution in [1.29, 1.82) is 0 Å². The van der Waals surface area contributed by atoms with Gasteiger partial charge in [0, 0.05) is 7.05 Å². The first-order valence-corrected chi connectivity index (χ1v) is 5.77. The maximum absolute atomic E-state index is 12.2. The van der Waals surface area contributed by atoms with Crippen molar-refractivity contribution in [3.63, 3.8) is 0 Å². The molecule has 1 rings (SSSR count). The third kappa shape index (κ3) is 3.89. The molecule has 0 aromatic heterocycles. The number of halogens is 3. The average Bonchev–Trinajstić information content (AvgIpc) is 2.25. The van der Waals surface area contributed by atoms with Gasteiger partial charge in [0.05, 0.1) is 11.8 Å². The van der Waals surface area contributed by atoms with Crippen LogP contribution in [0.1, 0.15) is 25.7 Å². The first-order valence-electron chi connectivity index (χ1n) is 5.77. The van der Waals surface area contributed by atoms with Gasteiger partial charge in [-0.1, -0.05) is 12.8 Å². The fourth-order valence-electron chi connectivity index (χ4n) is 2.35. The number of carboxylic acid groups (broad SMARTS) is 1. The lowest BCUT2D eigenvalue weighted by Gasteiger charge is -2.31. The molecule has 18 heavy (non-hydrogen) atoms. The molecule has 1 N–H and O–H groups in total. The second-order valence-electron chi connectivity index (χ2n) is 4.65. The molecule has 0 radical (unpaired) electrons. The monoisotopic (exact) mass is 267 g/mol. The Hall–Kier alpha value is -1.27. The van der Waals surface area contributed by atoms with Crippen molar-refractivity contribution >= 4 is 11.9 Å². The van der Waals surface area contributed by atoms with Crippen molar-refractivity contribution in [3.8, 4) is 0 Å². The van der Waals surface area contributed by atoms with E-state index in [1.54, 1.807) is 0 Å². The second-order valence-corrected chi connectivity index (χ2v) is 4.65. The summed E-state index contributed by atoms with van der Waals surface area (Å²) in [5.41, 5.74) is 0. The third-order valence-corrected chi connectivity index (χ3v) is 3.19. The van der Waals surface area contributed by atoms with Gasteiger partial charge >= 0.3 is 12.1 Å². The Morgan fingerprint density at radius 1 is 1.22 bits per heavy atom. The Bertz CT molecular complexity index is 330. The Morgan fingerprint density at radius 2 is 1.72 bits per heavy atom. The van der Waals surface area contributed by atoms with Crippen LogP contribution in [0.4, 0.5) is 13.2 Å². The topological polar surface area (TPSA) is 57.6 Å². The lowest BCUT2D eigenvalue weighted by Crippen LogP contribution is -2.44. The van der Waals surface area contributed by atoms with Crippen LogP contribution < -0.4 is 0 Å². The fraction of sp³-hybridized carbons (Fsp3) is 0.818. The van der Waals surface area contributed by atoms with Crippen molar-refractivity contribution in [1.82, 2.24) is 4.90 Å². The van der Waals surface area contributed by atoms with Gasteiger partial charge in [0.1, 0.15) is 6.54 Å². The standard InChI is InChI=1S/C11H16F3NO3/c1-15(6-11(12,13)14)9(16)7-4-2-3-5-8(7)10(17)18/h7-8H,2-6H2,1H3,(H,17,18)/t7-,8+/m1/s1. The Kier molecular flexibility index (Phi) is 4.59. The van der Waals surface area contributed by atoms with Crippen LogP contribution in [0.2, 0.25) is 0 Å². The van der Waals surface area contributed by atoms with Crippen LogP contribution in [0, 0.1) is 11.8 Å². The number of carbonyl (C=O) groups excluding carboxylic acids is 1. The fourth-order valence-corrected chi connectivity index (χ4v) is 2.35. The summed E-state index contributed by atoms with van der Waals surface area (Å²) in [4.78, 5) is 23.4. The molecule has 0 saturated heterocycles. The summed E-state index contributed by atoms with van der Waals surface area (Å²) in [5, 5.41) is 8.98. The van der Waals surface area contributed by atoms with Gasteiger partial charge in [0.2, 0.25) is 5.91 Å². The zero-order chi connectivity index (χ0) is 13.9. The number of carbonyl (C=O) groups is 2. The predicted molar refractivity (Wildman–Crippen MR) is 56.8 cm³/mol. The molecule has 1 aliphatic rings. The summed E-state index contributed by atoms with van der Waals surface area (Å²) < 4.78 is 36.5. The predicted octanol–water partition coefficient (Wildman–Crippen LogP) is 1.90. The van der Waals surface area contributed by atoms with Gasteiger partial charge in [-0.05, 0) is 12.8 Å². The third-order valence-electron chi connectivity index (χ3n) is 3.19. The van der Waals surface area contributed by atoms with Gasteiger partial charge in [-0.3, -0.25) is 9.59 Å². The number of rotatable bonds is 3. The first-order chi connectivity index (χ1) is 8.22. The minimum atomic E-state index is -4.46. The molecule has 0 aromatic carbocycles. The van der Waals surface area contributed by atoms with Crippen molar-refractivity contribution in [3.05, 3.63) is 0 Å². The van der Waals surface area contributed by atoms with Gasteiger partial charge < -0.3 is 10.0 Å². The lowest BCUT2D eigenvalue weighted by atomic mass is 9.78. The molecule has 0 heterocycles. The normalized spacial score (nSPS) is 24.7. The number of hydrogen-bond acceptors (Lipinski definition) is 2. The number of hydrogen-bond donors (Lipinski definition) is 1. The van der Waals surface area contributed by atoms with E-state index in [0.29, 0.717) is 30.6 Å². The van der Waals surface area contributed by atoms with Gasteiger partial charge in [-0.2, -0.15) is 13.2 Å². The first kappa shape index (κ1) is 14.8. The highest BCUT2D eigenvalue weighted by Gasteiger charge is 2.39. The van der Waals surface area contributed by atoms with Crippen LogP contribution in [-0.2, 0) is 9.59 Å². The molecule has 0 aliphatic heterocycles. The summed E-state index contributed by atoms with van der Waals surface area (Å²) in [6.45, 7) is -1.34. The molecule has 0 spiro atoms. The molecule has 2 atom stereocenters. The molecule has 1 saturated carbocycles. The van der Waals surface area contributed by atoms with Crippen molar-refractivity contribution in [2.45, 2.75) is 31.9 Å². The quantitative estimate of drug-likeness (QED) is 0.849. The molecule has 4 nitrogen and oxygen atoms in total. The minimum Gasteiger partial charge on any atom is -0.481 e. The Labute approximate surface area is 103 Å². The van der Waals surface area contributed by atoms with Crippen molar-refractivity contribution in [2.24, 2.45) is 11.8 Å². The van der Waals surface area contributed by atoms with Crippen LogP contribution in [-0.4, -0.2) is 41.7 Å². The zero-order valence-corrected chi connectivity index (χ0v) is 10.0. The van der Waals surface area contributed by atoms with Gasteiger partial charge in [0.25, 0.3) is 0 Å². The van der Waals surface area contributed by atoms with Crippen molar-refractivity contribution in [2.75, 3.05) is 13.6 Å². The van der Waals surface area contributed by atoms with E-state index in [1.807, 2.05) is 0 Å². The highest BCUT2D eigenvalue weighted by molar-refractivity contribution is 5.84. The molecule has 1 fully saturated rings. The summed E-state index contributed by atoms with van der Waals surface area (Å²) in [5.74, 6) is -3.52. The zero-order valence-electron chi connectivity index (χ0n) is 10.0. The number of nitrogens with zero attached hydrogens (tertiary/aromatic N) is 1. The van der Waals surface area contributed by atoms with Crippen LogP contribution in [0.5, 0.6) is 0 Å². The SMILES string of the molecule is CN(CC(F)(F)F)C(=O)[C@@H]1CCCC[C@@H]1C(=O)O. The van der Waals surface area contributed by atoms with Crippen molar-refractivity contribution < 1.29 is 27.9 Å². The van der Waals surface area contributed by atoms with E-state index in [1.165, 1.54) is 0 Å². The van der Waals surface area contributed by atoms with Gasteiger partial charge in [0.15, 0.2) is 0 Å². The van der Waals surface area contributed by atoms with Crippen LogP contribution in [0.25, 0.3) is 0 Å². The smallest absolute Gasteiger partial charge is 0.406 e. The second kappa shape index (κ2) is 5.58. The maximum Gasteiger partial charge on any atom is 0.406 e. The van der Waals surface area contributed by atoms with E-state index in [4.69, 9.17) is 5.11 Å². The molecule has 7 heteroatoms. The Morgan fingerprint density at radius 3 is 2.17 bits per heavy atom. The van der Waals surface area contributed by atoms with E-state index in [-0.39, 0.29) is 0 Å². The number of aliphatic carboxylic acids is 1. The number of amides is 1. The lowest BCUT2D eigenvalue weighted by molar-refractivity contribution is -0.165. The van der Waals surface area contributed by atoms with E-state index in [0.717, 1.165) is 7.05 Å². The van der Waals surface area contributed by atoms with E-state index in [2.05, 4.69) is 0 Å². The summed E-state index contributed by atoms with van der Waals surface area (Å²) in [7, 11) is 1.06. The molecule has 1 aliphatic carbocycles. The Balaban J connectivity index is 2.71. The van der Waals surface area contributed by atoms with E-state index in [9.17, 15) is 22.8 Å². The minimum absolute atomic E-state index is 0.345. The van der Waals surface area contributed by atoms with E-state index < -0.39 is 36.4 Å². The van der Waals surface area contributed by atoms with Crippen LogP contribution in [0.15, 0.2) is 0 Å². The largest absolute Gasteiger partial charge is 0.481 e. The van der Waals surface area contributed by atoms with Gasteiger partial charge in [-0.25, -0.2) is 0 Å². The number of carboxylic acids is 1. The highest BCUT2D eigenvalue weighted by atomic mass is 19.4. The average molecular weight is 267 g/mol. The summed E-state index contributed by atoms with van der Waals surface area (Å²) in [6.07, 6.45) is -2.38. The summed E-state index contributed by atoms with van der Waals surface area (Å²) in [6, 6.07) is 0. The molecule has 0 unspecified atom stereocenters. The molecule has 1 amide bonds. The highest BCUT2D eigenvalue weighted by Crippen LogP contribution is 2.32. The van der Waals surface area contributed by atoms with E-state index >= 15 is 0 Å². The number of alkyl halides is 3. The van der Waals surface area contributed by atoms with Crippen LogP contribution in [0.3, 0.4) is 0 Å². The van der Waals surface area contributed by atoms with Gasteiger partial charge in [-0.15, -0.1) is 0 Å². The maximum atomic E-state index is 12.2. The molecular weight excluding hydrogens is 251 g/mol. The van der Waals surface area contributed by atoms with Crippen LogP contribution >= 0.6 is 0 Å². The molecule has 0 bridgehead atoms. The molecular formula is C11H16F3NO3. The molecule has 104 valence electrons. The summed E-state index contributed by atoms with van der Waals surface area (Å²) >= 11 is 0.